The molecule has 1 aliphatic carbocycles. The third-order valence-corrected chi connectivity index (χ3v) is 2.82. The van der Waals surface area contributed by atoms with Crippen LogP contribution in [0.4, 0.5) is 4.39 Å². The van der Waals surface area contributed by atoms with Gasteiger partial charge in [-0.25, -0.2) is 17.5 Å². The fourth-order valence-corrected chi connectivity index (χ4v) is 1.97. The second-order valence-corrected chi connectivity index (χ2v) is 5.28. The van der Waals surface area contributed by atoms with Gasteiger partial charge < -0.3 is 0 Å². The lowest BCUT2D eigenvalue weighted by molar-refractivity contribution is 0.177. The number of hydrogen-bond acceptors (Lipinski definition) is 2. The van der Waals surface area contributed by atoms with Crippen molar-refractivity contribution in [2.75, 3.05) is 12.8 Å². The first-order valence-corrected chi connectivity index (χ1v) is 5.94. The Labute approximate surface area is 72.4 Å². The second kappa shape index (κ2) is 3.30. The molecule has 0 aliphatic heterocycles. The van der Waals surface area contributed by atoms with Crippen molar-refractivity contribution in [1.29, 1.82) is 0 Å². The zero-order chi connectivity index (χ0) is 9.24. The number of halogens is 1. The van der Waals surface area contributed by atoms with E-state index in [2.05, 4.69) is 4.72 Å². The van der Waals surface area contributed by atoms with Crippen molar-refractivity contribution < 1.29 is 12.8 Å². The van der Waals surface area contributed by atoms with Crippen LogP contribution in [0.1, 0.15) is 25.7 Å². The maximum Gasteiger partial charge on any atom is 0.208 e. The lowest BCUT2D eigenvalue weighted by Crippen LogP contribution is -2.37. The van der Waals surface area contributed by atoms with Gasteiger partial charge in [0.25, 0.3) is 0 Å². The van der Waals surface area contributed by atoms with Gasteiger partial charge in [0, 0.05) is 6.54 Å². The van der Waals surface area contributed by atoms with Crippen molar-refractivity contribution in [2.45, 2.75) is 31.4 Å². The van der Waals surface area contributed by atoms with E-state index in [9.17, 15) is 12.8 Å². The molecule has 0 unspecified atom stereocenters. The van der Waals surface area contributed by atoms with E-state index in [0.717, 1.165) is 19.1 Å². The predicted octanol–water partition coefficient (Wildman–Crippen LogP) is 0.818. The Bertz CT molecular complexity index is 244. The van der Waals surface area contributed by atoms with Gasteiger partial charge in [-0.15, -0.1) is 0 Å². The summed E-state index contributed by atoms with van der Waals surface area (Å²) in [5, 5.41) is 0. The fraction of sp³-hybridized carbons (Fsp3) is 1.00. The predicted molar refractivity (Wildman–Crippen MR) is 45.2 cm³/mol. The summed E-state index contributed by atoms with van der Waals surface area (Å²) >= 11 is 0. The van der Waals surface area contributed by atoms with Gasteiger partial charge in [0.2, 0.25) is 10.0 Å². The molecule has 0 amide bonds. The van der Waals surface area contributed by atoms with Crippen molar-refractivity contribution in [3.8, 4) is 0 Å². The van der Waals surface area contributed by atoms with Crippen LogP contribution in [0.25, 0.3) is 0 Å². The molecule has 0 saturated heterocycles. The summed E-state index contributed by atoms with van der Waals surface area (Å²) in [5.41, 5.74) is -1.29. The average molecular weight is 195 g/mol. The number of nitrogens with one attached hydrogen (secondary N) is 1. The smallest absolute Gasteiger partial charge is 0.208 e. The van der Waals surface area contributed by atoms with Crippen LogP contribution in [-0.2, 0) is 10.0 Å². The van der Waals surface area contributed by atoms with Crippen molar-refractivity contribution in [3.05, 3.63) is 0 Å². The van der Waals surface area contributed by atoms with Gasteiger partial charge in [-0.1, -0.05) is 12.8 Å². The monoisotopic (exact) mass is 195 g/mol. The highest BCUT2D eigenvalue weighted by molar-refractivity contribution is 7.88. The van der Waals surface area contributed by atoms with E-state index in [0.29, 0.717) is 12.8 Å². The zero-order valence-electron chi connectivity index (χ0n) is 7.14. The van der Waals surface area contributed by atoms with Crippen molar-refractivity contribution in [1.82, 2.24) is 4.72 Å². The Balaban J connectivity index is 2.41. The van der Waals surface area contributed by atoms with Gasteiger partial charge in [-0.2, -0.15) is 0 Å². The number of rotatable bonds is 3. The van der Waals surface area contributed by atoms with Crippen molar-refractivity contribution in [2.24, 2.45) is 0 Å². The number of hydrogen-bond donors (Lipinski definition) is 1. The van der Waals surface area contributed by atoms with E-state index < -0.39 is 15.7 Å². The largest absolute Gasteiger partial charge is 0.242 e. The minimum atomic E-state index is -3.24. The first-order valence-electron chi connectivity index (χ1n) is 4.05. The van der Waals surface area contributed by atoms with Crippen LogP contribution in [0.15, 0.2) is 0 Å². The van der Waals surface area contributed by atoms with Crippen molar-refractivity contribution >= 4 is 10.0 Å². The highest BCUT2D eigenvalue weighted by Crippen LogP contribution is 2.32. The molecule has 0 aromatic rings. The Kier molecular flexibility index (Phi) is 2.73. The molecular formula is C7H14FNO2S. The van der Waals surface area contributed by atoms with Crippen LogP contribution in [-0.4, -0.2) is 26.9 Å². The molecule has 3 nitrogen and oxygen atoms in total. The van der Waals surface area contributed by atoms with E-state index in [1.54, 1.807) is 0 Å². The molecule has 1 fully saturated rings. The summed E-state index contributed by atoms with van der Waals surface area (Å²) in [6.07, 6.45) is 3.74. The highest BCUT2D eigenvalue weighted by Gasteiger charge is 2.33. The van der Waals surface area contributed by atoms with Gasteiger partial charge in [0.15, 0.2) is 0 Å². The molecule has 1 N–H and O–H groups in total. The van der Waals surface area contributed by atoms with Crippen LogP contribution >= 0.6 is 0 Å². The molecule has 0 spiro atoms. The standard InChI is InChI=1S/C7H14FNO2S/c1-12(10,11)9-6-7(8)4-2-3-5-7/h9H,2-6H2,1H3. The van der Waals surface area contributed by atoms with E-state index in [1.165, 1.54) is 0 Å². The summed E-state index contributed by atoms with van der Waals surface area (Å²) in [6, 6.07) is 0. The maximum atomic E-state index is 13.5. The molecule has 0 atom stereocenters. The average Bonchev–Trinajstić information content (AvgIpc) is 2.32. The third kappa shape index (κ3) is 3.06. The minimum absolute atomic E-state index is 0.0637. The lowest BCUT2D eigenvalue weighted by atomic mass is 10.1. The first-order chi connectivity index (χ1) is 5.41. The molecule has 12 heavy (non-hydrogen) atoms. The Morgan fingerprint density at radius 3 is 2.33 bits per heavy atom. The normalized spacial score (nSPS) is 22.8. The molecule has 0 radical (unpaired) electrons. The van der Waals surface area contributed by atoms with Crippen LogP contribution in [0.3, 0.4) is 0 Å². The number of sulfonamides is 1. The highest BCUT2D eigenvalue weighted by atomic mass is 32.2. The molecule has 0 heterocycles. The van der Waals surface area contributed by atoms with Crippen LogP contribution in [0.5, 0.6) is 0 Å². The van der Waals surface area contributed by atoms with E-state index in [-0.39, 0.29) is 6.54 Å². The molecular weight excluding hydrogens is 181 g/mol. The fourth-order valence-electron chi connectivity index (χ4n) is 1.45. The molecule has 1 saturated carbocycles. The quantitative estimate of drug-likeness (QED) is 0.724. The molecule has 5 heteroatoms. The zero-order valence-corrected chi connectivity index (χ0v) is 7.95. The third-order valence-electron chi connectivity index (χ3n) is 2.15. The molecule has 0 bridgehead atoms. The first kappa shape index (κ1) is 9.92. The van der Waals surface area contributed by atoms with Gasteiger partial charge in [-0.05, 0) is 12.8 Å². The summed E-state index contributed by atoms with van der Waals surface area (Å²) in [5.74, 6) is 0. The van der Waals surface area contributed by atoms with Crippen LogP contribution in [0, 0.1) is 0 Å². The van der Waals surface area contributed by atoms with Gasteiger partial charge in [0.05, 0.1) is 6.26 Å². The Morgan fingerprint density at radius 1 is 1.42 bits per heavy atom. The molecule has 1 rings (SSSR count). The topological polar surface area (TPSA) is 46.2 Å². The molecule has 1 aliphatic rings. The minimum Gasteiger partial charge on any atom is -0.242 e. The number of alkyl halides is 1. The molecule has 0 aromatic heterocycles. The van der Waals surface area contributed by atoms with Crippen LogP contribution in [0.2, 0.25) is 0 Å². The summed E-state index contributed by atoms with van der Waals surface area (Å²) in [4.78, 5) is 0. The van der Waals surface area contributed by atoms with E-state index >= 15 is 0 Å². The SMILES string of the molecule is CS(=O)(=O)NCC1(F)CCCC1. The van der Waals surface area contributed by atoms with Crippen LogP contribution < -0.4 is 4.72 Å². The summed E-state index contributed by atoms with van der Waals surface area (Å²) < 4.78 is 37.0. The second-order valence-electron chi connectivity index (χ2n) is 3.45. The lowest BCUT2D eigenvalue weighted by Gasteiger charge is -2.18. The van der Waals surface area contributed by atoms with E-state index in [4.69, 9.17) is 0 Å². The molecule has 0 aromatic carbocycles. The maximum absolute atomic E-state index is 13.5. The Hall–Kier alpha value is -0.160. The summed E-state index contributed by atoms with van der Waals surface area (Å²) in [7, 11) is -3.24. The van der Waals surface area contributed by atoms with Gasteiger partial charge in [0.1, 0.15) is 5.67 Å². The van der Waals surface area contributed by atoms with Crippen molar-refractivity contribution in [3.63, 3.8) is 0 Å². The van der Waals surface area contributed by atoms with E-state index in [1.807, 2.05) is 0 Å². The molecule has 72 valence electrons. The Morgan fingerprint density at radius 2 is 1.92 bits per heavy atom. The van der Waals surface area contributed by atoms with Gasteiger partial charge in [-0.3, -0.25) is 0 Å². The summed E-state index contributed by atoms with van der Waals surface area (Å²) in [6.45, 7) is -0.0637. The van der Waals surface area contributed by atoms with Gasteiger partial charge >= 0.3 is 0 Å².